The average Bonchev–Trinajstić information content (AvgIpc) is 2.08. The number of anilines is 1. The summed E-state index contributed by atoms with van der Waals surface area (Å²) in [5, 5.41) is 2.52. The lowest BCUT2D eigenvalue weighted by molar-refractivity contribution is -0.125. The molecule has 0 atom stereocenters. The standard InChI is InChI=1S/C11H13BrFNO/c1-7-4-5-9(8(12)6-7)14-10(15)11(2,3)13/h4-6H,1-3H3,(H,14,15). The van der Waals surface area contributed by atoms with Crippen molar-refractivity contribution >= 4 is 27.5 Å². The normalized spacial score (nSPS) is 11.3. The molecule has 1 rings (SSSR count). The number of hydrogen-bond donors (Lipinski definition) is 1. The maximum absolute atomic E-state index is 13.3. The van der Waals surface area contributed by atoms with Crippen molar-refractivity contribution < 1.29 is 9.18 Å². The Balaban J connectivity index is 2.87. The van der Waals surface area contributed by atoms with E-state index in [4.69, 9.17) is 0 Å². The van der Waals surface area contributed by atoms with E-state index in [9.17, 15) is 9.18 Å². The van der Waals surface area contributed by atoms with Gasteiger partial charge in [-0.3, -0.25) is 4.79 Å². The molecule has 0 saturated heterocycles. The van der Waals surface area contributed by atoms with E-state index < -0.39 is 11.6 Å². The first-order valence-corrected chi connectivity index (χ1v) is 5.36. The number of hydrogen-bond acceptors (Lipinski definition) is 1. The van der Waals surface area contributed by atoms with Gasteiger partial charge in [-0.25, -0.2) is 4.39 Å². The van der Waals surface area contributed by atoms with Crippen LogP contribution in [-0.4, -0.2) is 11.6 Å². The van der Waals surface area contributed by atoms with Gasteiger partial charge < -0.3 is 5.32 Å². The fourth-order valence-electron chi connectivity index (χ4n) is 0.992. The van der Waals surface area contributed by atoms with Crippen LogP contribution in [0.15, 0.2) is 22.7 Å². The number of halogens is 2. The molecule has 0 heterocycles. The summed E-state index contributed by atoms with van der Waals surface area (Å²) >= 11 is 3.31. The number of amides is 1. The molecule has 1 N–H and O–H groups in total. The molecule has 0 aliphatic rings. The van der Waals surface area contributed by atoms with Crippen LogP contribution in [0.2, 0.25) is 0 Å². The first-order valence-electron chi connectivity index (χ1n) is 4.57. The smallest absolute Gasteiger partial charge is 0.261 e. The molecule has 0 unspecified atom stereocenters. The molecule has 4 heteroatoms. The predicted octanol–water partition coefficient (Wildman–Crippen LogP) is 3.44. The maximum Gasteiger partial charge on any atom is 0.261 e. The lowest BCUT2D eigenvalue weighted by Crippen LogP contribution is -2.32. The van der Waals surface area contributed by atoms with Crippen molar-refractivity contribution in [3.63, 3.8) is 0 Å². The summed E-state index contributed by atoms with van der Waals surface area (Å²) in [6, 6.07) is 5.45. The van der Waals surface area contributed by atoms with Crippen molar-refractivity contribution in [2.45, 2.75) is 26.4 Å². The lowest BCUT2D eigenvalue weighted by atomic mass is 10.1. The van der Waals surface area contributed by atoms with Gasteiger partial charge >= 0.3 is 0 Å². The van der Waals surface area contributed by atoms with Crippen LogP contribution in [0.1, 0.15) is 19.4 Å². The van der Waals surface area contributed by atoms with Gasteiger partial charge in [-0.1, -0.05) is 6.07 Å². The molecule has 1 amide bonds. The van der Waals surface area contributed by atoms with Crippen LogP contribution in [-0.2, 0) is 4.79 Å². The summed E-state index contributed by atoms with van der Waals surface area (Å²) in [5.74, 6) is -0.646. The Hall–Kier alpha value is -0.900. The third-order valence-corrected chi connectivity index (χ3v) is 2.57. The highest BCUT2D eigenvalue weighted by molar-refractivity contribution is 9.10. The summed E-state index contributed by atoms with van der Waals surface area (Å²) in [6.07, 6.45) is 0. The Morgan fingerprint density at radius 3 is 2.53 bits per heavy atom. The van der Waals surface area contributed by atoms with Crippen LogP contribution >= 0.6 is 15.9 Å². The van der Waals surface area contributed by atoms with E-state index in [1.807, 2.05) is 19.1 Å². The second kappa shape index (κ2) is 4.31. The van der Waals surface area contributed by atoms with Crippen molar-refractivity contribution in [1.29, 1.82) is 0 Å². The summed E-state index contributed by atoms with van der Waals surface area (Å²) in [4.78, 5) is 11.4. The van der Waals surface area contributed by atoms with Crippen molar-refractivity contribution in [1.82, 2.24) is 0 Å². The molecule has 15 heavy (non-hydrogen) atoms. The van der Waals surface area contributed by atoms with Crippen LogP contribution in [0.25, 0.3) is 0 Å². The molecule has 0 fully saturated rings. The van der Waals surface area contributed by atoms with Gasteiger partial charge in [0.05, 0.1) is 5.69 Å². The third-order valence-electron chi connectivity index (χ3n) is 1.91. The molecule has 0 saturated carbocycles. The van der Waals surface area contributed by atoms with Crippen LogP contribution in [0.4, 0.5) is 10.1 Å². The minimum absolute atomic E-state index is 0.580. The number of alkyl halides is 1. The Morgan fingerprint density at radius 1 is 1.47 bits per heavy atom. The molecular weight excluding hydrogens is 261 g/mol. The molecule has 0 aliphatic heterocycles. The van der Waals surface area contributed by atoms with Gasteiger partial charge in [0.15, 0.2) is 5.67 Å². The van der Waals surface area contributed by atoms with Crippen LogP contribution in [0.3, 0.4) is 0 Å². The van der Waals surface area contributed by atoms with E-state index in [0.717, 1.165) is 10.0 Å². The van der Waals surface area contributed by atoms with Crippen molar-refractivity contribution in [2.24, 2.45) is 0 Å². The van der Waals surface area contributed by atoms with E-state index >= 15 is 0 Å². The van der Waals surface area contributed by atoms with Crippen LogP contribution in [0, 0.1) is 6.92 Å². The van der Waals surface area contributed by atoms with Crippen molar-refractivity contribution in [3.8, 4) is 0 Å². The number of carbonyl (C=O) groups excluding carboxylic acids is 1. The van der Waals surface area contributed by atoms with Gasteiger partial charge in [-0.2, -0.15) is 0 Å². The monoisotopic (exact) mass is 273 g/mol. The molecule has 0 bridgehead atoms. The first-order chi connectivity index (χ1) is 6.80. The summed E-state index contributed by atoms with van der Waals surface area (Å²) < 4.78 is 14.0. The number of nitrogens with one attached hydrogen (secondary N) is 1. The molecule has 2 nitrogen and oxygen atoms in total. The Kier molecular flexibility index (Phi) is 3.50. The van der Waals surface area contributed by atoms with E-state index in [-0.39, 0.29) is 0 Å². The molecule has 0 aromatic heterocycles. The van der Waals surface area contributed by atoms with Gasteiger partial charge in [-0.15, -0.1) is 0 Å². The quantitative estimate of drug-likeness (QED) is 0.879. The van der Waals surface area contributed by atoms with Gasteiger partial charge in [0, 0.05) is 4.47 Å². The number of rotatable bonds is 2. The van der Waals surface area contributed by atoms with Gasteiger partial charge in [0.2, 0.25) is 0 Å². The Bertz CT molecular complexity index is 385. The summed E-state index contributed by atoms with van der Waals surface area (Å²) in [5.41, 5.74) is -0.222. The zero-order chi connectivity index (χ0) is 11.6. The van der Waals surface area contributed by atoms with E-state index in [2.05, 4.69) is 21.2 Å². The number of carbonyl (C=O) groups is 1. The van der Waals surface area contributed by atoms with Crippen LogP contribution < -0.4 is 5.32 Å². The van der Waals surface area contributed by atoms with E-state index in [1.165, 1.54) is 13.8 Å². The summed E-state index contributed by atoms with van der Waals surface area (Å²) in [6.45, 7) is 4.39. The average molecular weight is 274 g/mol. The fourth-order valence-corrected chi connectivity index (χ4v) is 1.58. The summed E-state index contributed by atoms with van der Waals surface area (Å²) in [7, 11) is 0. The SMILES string of the molecule is Cc1ccc(NC(=O)C(C)(C)F)c(Br)c1. The molecule has 1 aromatic carbocycles. The second-order valence-corrected chi connectivity index (χ2v) is 4.76. The minimum Gasteiger partial charge on any atom is -0.322 e. The second-order valence-electron chi connectivity index (χ2n) is 3.91. The van der Waals surface area contributed by atoms with Crippen molar-refractivity contribution in [2.75, 3.05) is 5.32 Å². The molecular formula is C11H13BrFNO. The lowest BCUT2D eigenvalue weighted by Gasteiger charge is -2.15. The largest absolute Gasteiger partial charge is 0.322 e. The van der Waals surface area contributed by atoms with Crippen molar-refractivity contribution in [3.05, 3.63) is 28.2 Å². The van der Waals surface area contributed by atoms with E-state index in [0.29, 0.717) is 5.69 Å². The highest BCUT2D eigenvalue weighted by atomic mass is 79.9. The highest BCUT2D eigenvalue weighted by Crippen LogP contribution is 2.24. The Labute approximate surface area is 97.0 Å². The topological polar surface area (TPSA) is 29.1 Å². The fraction of sp³-hybridized carbons (Fsp3) is 0.364. The number of aryl methyl sites for hydroxylation is 1. The Morgan fingerprint density at radius 2 is 2.07 bits per heavy atom. The molecule has 0 radical (unpaired) electrons. The highest BCUT2D eigenvalue weighted by Gasteiger charge is 2.26. The van der Waals surface area contributed by atoms with E-state index in [1.54, 1.807) is 6.07 Å². The molecule has 82 valence electrons. The molecule has 1 aromatic rings. The van der Waals surface area contributed by atoms with Crippen LogP contribution in [0.5, 0.6) is 0 Å². The predicted molar refractivity (Wildman–Crippen MR) is 62.7 cm³/mol. The first kappa shape index (κ1) is 12.2. The molecule has 0 spiro atoms. The minimum atomic E-state index is -1.87. The molecule has 0 aliphatic carbocycles. The zero-order valence-corrected chi connectivity index (χ0v) is 10.5. The van der Waals surface area contributed by atoms with Gasteiger partial charge in [-0.05, 0) is 54.4 Å². The third kappa shape index (κ3) is 3.30. The number of benzene rings is 1. The van der Waals surface area contributed by atoms with Gasteiger partial charge in [0.25, 0.3) is 5.91 Å². The maximum atomic E-state index is 13.3. The van der Waals surface area contributed by atoms with Gasteiger partial charge in [0.1, 0.15) is 0 Å². The zero-order valence-electron chi connectivity index (χ0n) is 8.90.